The minimum atomic E-state index is -0.129. The predicted molar refractivity (Wildman–Crippen MR) is 90.8 cm³/mol. The van der Waals surface area contributed by atoms with Crippen LogP contribution < -0.4 is 15.4 Å². The SMILES string of the molecule is CCNC(=O)CN(CC)CC(=O)NCCOc1ccc(Cl)cc1. The first-order valence-corrected chi connectivity index (χ1v) is 8.07. The zero-order valence-corrected chi connectivity index (χ0v) is 14.4. The fourth-order valence-electron chi connectivity index (χ4n) is 1.88. The lowest BCUT2D eigenvalue weighted by atomic mass is 10.3. The number of hydrogen-bond donors (Lipinski definition) is 2. The van der Waals surface area contributed by atoms with Crippen molar-refractivity contribution in [2.24, 2.45) is 0 Å². The number of amides is 2. The number of benzene rings is 1. The van der Waals surface area contributed by atoms with Gasteiger partial charge in [0.15, 0.2) is 0 Å². The molecule has 0 heterocycles. The summed E-state index contributed by atoms with van der Waals surface area (Å²) in [5.41, 5.74) is 0. The highest BCUT2D eigenvalue weighted by Gasteiger charge is 2.12. The highest BCUT2D eigenvalue weighted by atomic mass is 35.5. The van der Waals surface area contributed by atoms with E-state index in [1.54, 1.807) is 29.2 Å². The van der Waals surface area contributed by atoms with Crippen LogP contribution in [0.5, 0.6) is 5.75 Å². The Kier molecular flexibility index (Phi) is 9.09. The van der Waals surface area contributed by atoms with Crippen LogP contribution in [-0.2, 0) is 9.59 Å². The minimum absolute atomic E-state index is 0.0757. The molecule has 0 aromatic heterocycles. The fraction of sp³-hybridized carbons (Fsp3) is 0.500. The van der Waals surface area contributed by atoms with Crippen molar-refractivity contribution in [2.45, 2.75) is 13.8 Å². The third kappa shape index (κ3) is 8.42. The Morgan fingerprint density at radius 3 is 2.26 bits per heavy atom. The summed E-state index contributed by atoms with van der Waals surface area (Å²) in [6, 6.07) is 7.04. The maximum Gasteiger partial charge on any atom is 0.234 e. The maximum atomic E-state index is 11.9. The molecular weight excluding hydrogens is 318 g/mol. The van der Waals surface area contributed by atoms with E-state index in [0.29, 0.717) is 37.0 Å². The molecule has 0 atom stereocenters. The molecule has 0 spiro atoms. The van der Waals surface area contributed by atoms with Gasteiger partial charge in [-0.3, -0.25) is 14.5 Å². The van der Waals surface area contributed by atoms with E-state index in [-0.39, 0.29) is 24.9 Å². The molecule has 7 heteroatoms. The number of ether oxygens (including phenoxy) is 1. The van der Waals surface area contributed by atoms with E-state index in [1.165, 1.54) is 0 Å². The van der Waals surface area contributed by atoms with Crippen LogP contribution >= 0.6 is 11.6 Å². The second-order valence-corrected chi connectivity index (χ2v) is 5.35. The van der Waals surface area contributed by atoms with E-state index in [4.69, 9.17) is 16.3 Å². The van der Waals surface area contributed by atoms with E-state index >= 15 is 0 Å². The lowest BCUT2D eigenvalue weighted by Gasteiger charge is -2.19. The normalized spacial score (nSPS) is 10.4. The van der Waals surface area contributed by atoms with Crippen molar-refractivity contribution in [3.05, 3.63) is 29.3 Å². The lowest BCUT2D eigenvalue weighted by molar-refractivity contribution is -0.125. The second kappa shape index (κ2) is 10.9. The van der Waals surface area contributed by atoms with Crippen LogP contribution in [0.2, 0.25) is 5.02 Å². The van der Waals surface area contributed by atoms with Gasteiger partial charge in [-0.1, -0.05) is 18.5 Å². The number of rotatable bonds is 10. The number of carbonyl (C=O) groups excluding carboxylic acids is 2. The summed E-state index contributed by atoms with van der Waals surface area (Å²) < 4.78 is 5.49. The van der Waals surface area contributed by atoms with E-state index in [0.717, 1.165) is 0 Å². The van der Waals surface area contributed by atoms with Gasteiger partial charge in [0.25, 0.3) is 0 Å². The largest absolute Gasteiger partial charge is 0.492 e. The fourth-order valence-corrected chi connectivity index (χ4v) is 2.01. The molecule has 6 nitrogen and oxygen atoms in total. The molecule has 2 amide bonds. The van der Waals surface area contributed by atoms with Gasteiger partial charge in [-0.15, -0.1) is 0 Å². The van der Waals surface area contributed by atoms with Gasteiger partial charge in [-0.25, -0.2) is 0 Å². The molecule has 0 aliphatic heterocycles. The van der Waals surface area contributed by atoms with Crippen molar-refractivity contribution in [3.63, 3.8) is 0 Å². The molecule has 23 heavy (non-hydrogen) atoms. The molecule has 0 aliphatic carbocycles. The Morgan fingerprint density at radius 1 is 1.09 bits per heavy atom. The van der Waals surface area contributed by atoms with Crippen LogP contribution in [0.1, 0.15) is 13.8 Å². The van der Waals surface area contributed by atoms with Crippen molar-refractivity contribution >= 4 is 23.4 Å². The van der Waals surface area contributed by atoms with E-state index < -0.39 is 0 Å². The first-order chi connectivity index (χ1) is 11.0. The number of nitrogens with one attached hydrogen (secondary N) is 2. The van der Waals surface area contributed by atoms with Crippen LogP contribution in [0.15, 0.2) is 24.3 Å². The van der Waals surface area contributed by atoms with Crippen molar-refractivity contribution in [2.75, 3.05) is 39.3 Å². The monoisotopic (exact) mass is 341 g/mol. The van der Waals surface area contributed by atoms with E-state index in [1.807, 2.05) is 13.8 Å². The molecule has 2 N–H and O–H groups in total. The molecule has 0 bridgehead atoms. The molecule has 0 radical (unpaired) electrons. The zero-order chi connectivity index (χ0) is 17.1. The molecule has 0 fully saturated rings. The van der Waals surface area contributed by atoms with Gasteiger partial charge in [-0.05, 0) is 37.7 Å². The van der Waals surface area contributed by atoms with E-state index in [2.05, 4.69) is 10.6 Å². The lowest BCUT2D eigenvalue weighted by Crippen LogP contribution is -2.43. The van der Waals surface area contributed by atoms with Crippen LogP contribution in [0.4, 0.5) is 0 Å². The Bertz CT molecular complexity index is 494. The van der Waals surface area contributed by atoms with Crippen LogP contribution in [0.3, 0.4) is 0 Å². The Balaban J connectivity index is 2.22. The third-order valence-electron chi connectivity index (χ3n) is 3.06. The van der Waals surface area contributed by atoms with E-state index in [9.17, 15) is 9.59 Å². The molecule has 128 valence electrons. The predicted octanol–water partition coefficient (Wildman–Crippen LogP) is 1.29. The summed E-state index contributed by atoms with van der Waals surface area (Å²) in [7, 11) is 0. The van der Waals surface area contributed by atoms with Gasteiger partial charge in [0.1, 0.15) is 12.4 Å². The molecular formula is C16H24ClN3O3. The van der Waals surface area contributed by atoms with Gasteiger partial charge in [0.2, 0.25) is 11.8 Å². The quantitative estimate of drug-likeness (QED) is 0.629. The van der Waals surface area contributed by atoms with Crippen LogP contribution in [-0.4, -0.2) is 56.0 Å². The molecule has 0 saturated carbocycles. The van der Waals surface area contributed by atoms with Crippen LogP contribution in [0.25, 0.3) is 0 Å². The van der Waals surface area contributed by atoms with Gasteiger partial charge >= 0.3 is 0 Å². The molecule has 1 aromatic carbocycles. The number of nitrogens with zero attached hydrogens (tertiary/aromatic N) is 1. The first kappa shape index (κ1) is 19.3. The summed E-state index contributed by atoms with van der Waals surface area (Å²) in [5, 5.41) is 6.14. The van der Waals surface area contributed by atoms with Gasteiger partial charge in [0, 0.05) is 11.6 Å². The highest BCUT2D eigenvalue weighted by molar-refractivity contribution is 6.30. The third-order valence-corrected chi connectivity index (χ3v) is 3.31. The molecule has 0 aliphatic rings. The minimum Gasteiger partial charge on any atom is -0.492 e. The summed E-state index contributed by atoms with van der Waals surface area (Å²) in [5.74, 6) is 0.499. The Labute approximate surface area is 142 Å². The molecule has 1 rings (SSSR count). The average Bonchev–Trinajstić information content (AvgIpc) is 2.53. The van der Waals surface area contributed by atoms with Crippen molar-refractivity contribution in [1.29, 1.82) is 0 Å². The summed E-state index contributed by atoms with van der Waals surface area (Å²) in [6.45, 7) is 6.18. The van der Waals surface area contributed by atoms with Crippen molar-refractivity contribution in [1.82, 2.24) is 15.5 Å². The number of carbonyl (C=O) groups is 2. The first-order valence-electron chi connectivity index (χ1n) is 7.69. The van der Waals surface area contributed by atoms with Crippen molar-refractivity contribution < 1.29 is 14.3 Å². The van der Waals surface area contributed by atoms with Crippen LogP contribution in [0, 0.1) is 0 Å². The summed E-state index contributed by atoms with van der Waals surface area (Å²) >= 11 is 5.79. The molecule has 0 saturated heterocycles. The summed E-state index contributed by atoms with van der Waals surface area (Å²) in [4.78, 5) is 25.1. The highest BCUT2D eigenvalue weighted by Crippen LogP contribution is 2.14. The standard InChI is InChI=1S/C16H24ClN3O3/c1-3-18-15(21)11-20(4-2)12-16(22)19-9-10-23-14-7-5-13(17)6-8-14/h5-8H,3-4,9-12H2,1-2H3,(H,18,21)(H,19,22). The molecule has 0 unspecified atom stereocenters. The Hall–Kier alpha value is -1.79. The number of halogens is 1. The topological polar surface area (TPSA) is 70.7 Å². The number of likely N-dealkylation sites (N-methyl/N-ethyl adjacent to an activating group) is 2. The average molecular weight is 342 g/mol. The summed E-state index contributed by atoms with van der Waals surface area (Å²) in [6.07, 6.45) is 0. The van der Waals surface area contributed by atoms with Crippen molar-refractivity contribution in [3.8, 4) is 5.75 Å². The maximum absolute atomic E-state index is 11.9. The van der Waals surface area contributed by atoms with Gasteiger partial charge in [-0.2, -0.15) is 0 Å². The molecule has 1 aromatic rings. The zero-order valence-electron chi connectivity index (χ0n) is 13.6. The van der Waals surface area contributed by atoms with Gasteiger partial charge < -0.3 is 15.4 Å². The smallest absolute Gasteiger partial charge is 0.234 e. The Morgan fingerprint density at radius 2 is 1.70 bits per heavy atom. The van der Waals surface area contributed by atoms with Gasteiger partial charge in [0.05, 0.1) is 19.6 Å². The second-order valence-electron chi connectivity index (χ2n) is 4.91. The number of hydrogen-bond acceptors (Lipinski definition) is 4.